The number of nitrogens with two attached hydrogens (primary N) is 1. The Labute approximate surface area is 93.5 Å². The molecule has 0 aromatic heterocycles. The van der Waals surface area contributed by atoms with Crippen LogP contribution in [0.1, 0.15) is 35.2 Å². The zero-order valence-electron chi connectivity index (χ0n) is 9.22. The predicted octanol–water partition coefficient (Wildman–Crippen LogP) is 2.58. The number of benzene rings is 1. The summed E-state index contributed by atoms with van der Waals surface area (Å²) >= 11 is 0. The minimum absolute atomic E-state index is 0.167. The third-order valence-corrected chi connectivity index (χ3v) is 2.43. The predicted molar refractivity (Wildman–Crippen MR) is 58.3 cm³/mol. The molecule has 88 valence electrons. The first-order valence-corrected chi connectivity index (χ1v) is 5.25. The van der Waals surface area contributed by atoms with Gasteiger partial charge in [0, 0.05) is 6.42 Å². The summed E-state index contributed by atoms with van der Waals surface area (Å²) in [6.07, 6.45) is 1.52. The summed E-state index contributed by atoms with van der Waals surface area (Å²) in [7, 11) is 0. The van der Waals surface area contributed by atoms with Gasteiger partial charge in [-0.25, -0.2) is 8.78 Å². The number of aryl methyl sites for hydroxylation is 1. The fraction of sp³-hybridized carbons (Fsp3) is 0.417. The van der Waals surface area contributed by atoms with E-state index < -0.39 is 11.6 Å². The van der Waals surface area contributed by atoms with Crippen molar-refractivity contribution < 1.29 is 13.6 Å². The van der Waals surface area contributed by atoms with Gasteiger partial charge in [-0.1, -0.05) is 6.07 Å². The maximum absolute atomic E-state index is 13.4. The summed E-state index contributed by atoms with van der Waals surface area (Å²) < 4.78 is 26.6. The second kappa shape index (κ2) is 5.70. The third kappa shape index (κ3) is 2.85. The van der Waals surface area contributed by atoms with Crippen LogP contribution in [-0.2, 0) is 0 Å². The van der Waals surface area contributed by atoms with E-state index in [9.17, 15) is 13.6 Å². The second-order valence-corrected chi connectivity index (χ2v) is 3.73. The minimum Gasteiger partial charge on any atom is -0.330 e. The number of unbranched alkanes of at least 4 members (excludes halogenated alkanes) is 1. The van der Waals surface area contributed by atoms with E-state index in [0.717, 1.165) is 0 Å². The molecule has 0 spiro atoms. The van der Waals surface area contributed by atoms with Crippen molar-refractivity contribution in [1.29, 1.82) is 0 Å². The van der Waals surface area contributed by atoms with Gasteiger partial charge in [0.2, 0.25) is 0 Å². The van der Waals surface area contributed by atoms with E-state index in [-0.39, 0.29) is 23.3 Å². The molecular formula is C12H15F2NO. The first kappa shape index (κ1) is 12.8. The lowest BCUT2D eigenvalue weighted by Gasteiger charge is -2.04. The molecule has 0 saturated heterocycles. The Morgan fingerprint density at radius 1 is 1.25 bits per heavy atom. The lowest BCUT2D eigenvalue weighted by atomic mass is 10.0. The number of Topliss-reactive ketones (excluding diaryl/α,β-unsaturated/α-hetero) is 1. The van der Waals surface area contributed by atoms with Crippen LogP contribution in [0.2, 0.25) is 0 Å². The van der Waals surface area contributed by atoms with E-state index in [0.29, 0.717) is 19.4 Å². The largest absolute Gasteiger partial charge is 0.330 e. The molecular weight excluding hydrogens is 212 g/mol. The van der Waals surface area contributed by atoms with Gasteiger partial charge in [-0.2, -0.15) is 0 Å². The maximum Gasteiger partial charge on any atom is 0.169 e. The summed E-state index contributed by atoms with van der Waals surface area (Å²) in [6, 6.07) is 2.74. The van der Waals surface area contributed by atoms with E-state index in [4.69, 9.17) is 5.73 Å². The van der Waals surface area contributed by atoms with Crippen LogP contribution < -0.4 is 5.73 Å². The summed E-state index contributed by atoms with van der Waals surface area (Å²) in [5.74, 6) is -2.35. The molecule has 0 radical (unpaired) electrons. The van der Waals surface area contributed by atoms with Crippen LogP contribution in [0.15, 0.2) is 12.1 Å². The monoisotopic (exact) mass is 227 g/mol. The number of carbonyl (C=O) groups is 1. The molecule has 0 amide bonds. The van der Waals surface area contributed by atoms with Crippen molar-refractivity contribution in [2.75, 3.05) is 6.54 Å². The van der Waals surface area contributed by atoms with Crippen LogP contribution in [0.5, 0.6) is 0 Å². The molecule has 1 aromatic rings. The van der Waals surface area contributed by atoms with Gasteiger partial charge in [-0.15, -0.1) is 0 Å². The highest BCUT2D eigenvalue weighted by atomic mass is 19.2. The van der Waals surface area contributed by atoms with Crippen molar-refractivity contribution in [1.82, 2.24) is 0 Å². The maximum atomic E-state index is 13.4. The van der Waals surface area contributed by atoms with Crippen molar-refractivity contribution in [3.63, 3.8) is 0 Å². The number of carbonyl (C=O) groups excluding carboxylic acids is 1. The standard InChI is InChI=1S/C12H15F2NO/c1-8-5-6-9(12(14)11(8)13)10(16)4-2-3-7-15/h5-6H,2-4,7,15H2,1H3. The molecule has 0 aliphatic carbocycles. The van der Waals surface area contributed by atoms with Crippen molar-refractivity contribution in [3.05, 3.63) is 34.9 Å². The normalized spacial score (nSPS) is 10.5. The van der Waals surface area contributed by atoms with Crippen LogP contribution in [0.3, 0.4) is 0 Å². The Morgan fingerprint density at radius 2 is 1.94 bits per heavy atom. The Morgan fingerprint density at radius 3 is 2.56 bits per heavy atom. The molecule has 0 aliphatic rings. The average Bonchev–Trinajstić information content (AvgIpc) is 2.26. The molecule has 0 unspecified atom stereocenters. The number of ketones is 1. The van der Waals surface area contributed by atoms with Crippen LogP contribution in [0.25, 0.3) is 0 Å². The van der Waals surface area contributed by atoms with Gasteiger partial charge in [0.25, 0.3) is 0 Å². The van der Waals surface area contributed by atoms with E-state index >= 15 is 0 Å². The van der Waals surface area contributed by atoms with E-state index in [1.165, 1.54) is 19.1 Å². The van der Waals surface area contributed by atoms with Crippen LogP contribution in [0.4, 0.5) is 8.78 Å². The number of hydrogen-bond acceptors (Lipinski definition) is 2. The molecule has 4 heteroatoms. The average molecular weight is 227 g/mol. The topological polar surface area (TPSA) is 43.1 Å². The molecule has 1 rings (SSSR count). The quantitative estimate of drug-likeness (QED) is 0.620. The number of halogens is 2. The molecule has 0 atom stereocenters. The Hall–Kier alpha value is -1.29. The van der Waals surface area contributed by atoms with Gasteiger partial charge in [0.15, 0.2) is 17.4 Å². The summed E-state index contributed by atoms with van der Waals surface area (Å²) in [6.45, 7) is 1.96. The highest BCUT2D eigenvalue weighted by Crippen LogP contribution is 2.17. The Kier molecular flexibility index (Phi) is 4.55. The zero-order valence-corrected chi connectivity index (χ0v) is 9.22. The van der Waals surface area contributed by atoms with Crippen LogP contribution in [-0.4, -0.2) is 12.3 Å². The highest BCUT2D eigenvalue weighted by Gasteiger charge is 2.16. The zero-order chi connectivity index (χ0) is 12.1. The van der Waals surface area contributed by atoms with Gasteiger partial charge in [-0.05, 0) is 37.9 Å². The molecule has 0 heterocycles. The molecule has 0 saturated carbocycles. The molecule has 0 bridgehead atoms. The SMILES string of the molecule is Cc1ccc(C(=O)CCCCN)c(F)c1F. The number of hydrogen-bond donors (Lipinski definition) is 1. The van der Waals surface area contributed by atoms with Gasteiger partial charge >= 0.3 is 0 Å². The van der Waals surface area contributed by atoms with Gasteiger partial charge in [-0.3, -0.25) is 4.79 Å². The Bertz CT molecular complexity index is 391. The van der Waals surface area contributed by atoms with E-state index in [1.54, 1.807) is 0 Å². The summed E-state index contributed by atoms with van der Waals surface area (Å²) in [4.78, 5) is 11.6. The molecule has 16 heavy (non-hydrogen) atoms. The van der Waals surface area contributed by atoms with Crippen molar-refractivity contribution in [2.24, 2.45) is 5.73 Å². The van der Waals surface area contributed by atoms with Gasteiger partial charge in [0.05, 0.1) is 5.56 Å². The molecule has 2 N–H and O–H groups in total. The molecule has 1 aromatic carbocycles. The van der Waals surface area contributed by atoms with E-state index in [2.05, 4.69) is 0 Å². The van der Waals surface area contributed by atoms with Gasteiger partial charge < -0.3 is 5.73 Å². The van der Waals surface area contributed by atoms with Crippen LogP contribution >= 0.6 is 0 Å². The second-order valence-electron chi connectivity index (χ2n) is 3.73. The van der Waals surface area contributed by atoms with Crippen LogP contribution in [0, 0.1) is 18.6 Å². The smallest absolute Gasteiger partial charge is 0.169 e. The molecule has 0 fully saturated rings. The van der Waals surface area contributed by atoms with E-state index in [1.807, 2.05) is 0 Å². The first-order chi connectivity index (χ1) is 7.57. The van der Waals surface area contributed by atoms with Crippen molar-refractivity contribution in [2.45, 2.75) is 26.2 Å². The molecule has 0 aliphatic heterocycles. The van der Waals surface area contributed by atoms with Crippen molar-refractivity contribution >= 4 is 5.78 Å². The highest BCUT2D eigenvalue weighted by molar-refractivity contribution is 5.96. The lowest BCUT2D eigenvalue weighted by Crippen LogP contribution is -2.06. The fourth-order valence-corrected chi connectivity index (χ4v) is 1.43. The fourth-order valence-electron chi connectivity index (χ4n) is 1.43. The molecule has 2 nitrogen and oxygen atoms in total. The lowest BCUT2D eigenvalue weighted by molar-refractivity contribution is 0.0974. The van der Waals surface area contributed by atoms with Gasteiger partial charge in [0.1, 0.15) is 0 Å². The third-order valence-electron chi connectivity index (χ3n) is 2.43. The van der Waals surface area contributed by atoms with Crippen molar-refractivity contribution in [3.8, 4) is 0 Å². The first-order valence-electron chi connectivity index (χ1n) is 5.25. The minimum atomic E-state index is -1.04. The summed E-state index contributed by atoms with van der Waals surface area (Å²) in [5, 5.41) is 0. The number of rotatable bonds is 5. The summed E-state index contributed by atoms with van der Waals surface area (Å²) in [5.41, 5.74) is 5.32. The Balaban J connectivity index is 2.80.